The van der Waals surface area contributed by atoms with E-state index in [1.165, 1.54) is 18.2 Å². The van der Waals surface area contributed by atoms with Crippen LogP contribution in [0.2, 0.25) is 5.02 Å². The molecular formula is C28H21ClN4O5S. The molecule has 0 atom stereocenters. The number of para-hydroxylation sites is 1. The molecule has 0 aliphatic heterocycles. The molecule has 0 bridgehead atoms. The number of fused-ring (bicyclic) bond motifs is 1. The highest BCUT2D eigenvalue weighted by Gasteiger charge is 2.20. The van der Waals surface area contributed by atoms with Crippen molar-refractivity contribution in [3.8, 4) is 22.8 Å². The highest BCUT2D eigenvalue weighted by molar-refractivity contribution is 7.80. The summed E-state index contributed by atoms with van der Waals surface area (Å²) in [5, 5.41) is 17.1. The number of carbonyl (C=O) groups excluding carboxylic acids is 1. The Bertz CT molecular complexity index is 1740. The molecule has 0 saturated carbocycles. The Labute approximate surface area is 232 Å². The minimum Gasteiger partial charge on any atom is -0.451 e. The summed E-state index contributed by atoms with van der Waals surface area (Å²) in [6.45, 7) is 4.22. The van der Waals surface area contributed by atoms with Crippen LogP contribution < -0.4 is 10.6 Å². The van der Waals surface area contributed by atoms with Crippen LogP contribution in [0, 0.1) is 10.1 Å². The van der Waals surface area contributed by atoms with E-state index in [1.807, 2.05) is 18.2 Å². The van der Waals surface area contributed by atoms with Gasteiger partial charge < -0.3 is 14.2 Å². The van der Waals surface area contributed by atoms with Crippen LogP contribution in [0.25, 0.3) is 33.9 Å². The molecule has 0 radical (unpaired) electrons. The molecule has 3 aromatic carbocycles. The van der Waals surface area contributed by atoms with Crippen LogP contribution in [-0.2, 0) is 0 Å². The van der Waals surface area contributed by atoms with Crippen molar-refractivity contribution in [2.24, 2.45) is 0 Å². The van der Waals surface area contributed by atoms with Crippen LogP contribution in [0.4, 0.5) is 11.4 Å². The van der Waals surface area contributed by atoms with Gasteiger partial charge in [0.25, 0.3) is 11.6 Å². The number of hydrogen-bond acceptors (Lipinski definition) is 7. The van der Waals surface area contributed by atoms with Crippen molar-refractivity contribution in [2.75, 3.05) is 5.32 Å². The monoisotopic (exact) mass is 560 g/mol. The van der Waals surface area contributed by atoms with Crippen LogP contribution in [0.5, 0.6) is 0 Å². The molecule has 2 aromatic heterocycles. The smallest absolute Gasteiger partial charge is 0.293 e. The van der Waals surface area contributed by atoms with Crippen LogP contribution in [0.15, 0.2) is 81.6 Å². The predicted molar refractivity (Wildman–Crippen MR) is 153 cm³/mol. The number of anilines is 1. The van der Waals surface area contributed by atoms with Gasteiger partial charge in [-0.3, -0.25) is 20.2 Å². The average Bonchev–Trinajstić information content (AvgIpc) is 3.57. The maximum atomic E-state index is 12.7. The summed E-state index contributed by atoms with van der Waals surface area (Å²) in [5.41, 5.74) is 3.80. The molecule has 39 heavy (non-hydrogen) atoms. The minimum atomic E-state index is -0.635. The lowest BCUT2D eigenvalue weighted by Gasteiger charge is -2.11. The number of nitrogens with one attached hydrogen (secondary N) is 2. The summed E-state index contributed by atoms with van der Waals surface area (Å²) >= 11 is 11.7. The lowest BCUT2D eigenvalue weighted by atomic mass is 10.0. The largest absolute Gasteiger partial charge is 0.451 e. The zero-order chi connectivity index (χ0) is 27.7. The number of thiocarbonyl (C=S) groups is 1. The van der Waals surface area contributed by atoms with Crippen LogP contribution in [0.3, 0.4) is 0 Å². The molecule has 5 rings (SSSR count). The molecule has 0 saturated heterocycles. The van der Waals surface area contributed by atoms with Gasteiger partial charge in [0.2, 0.25) is 5.89 Å². The van der Waals surface area contributed by atoms with Gasteiger partial charge in [0.15, 0.2) is 16.5 Å². The van der Waals surface area contributed by atoms with Gasteiger partial charge in [0.1, 0.15) is 11.3 Å². The van der Waals surface area contributed by atoms with Crippen molar-refractivity contribution in [1.82, 2.24) is 10.3 Å². The van der Waals surface area contributed by atoms with Crippen molar-refractivity contribution in [2.45, 2.75) is 19.8 Å². The number of aromatic nitrogens is 1. The number of nitrogens with zero attached hydrogens (tertiary/aromatic N) is 2. The van der Waals surface area contributed by atoms with Gasteiger partial charge in [0, 0.05) is 11.6 Å². The fourth-order valence-electron chi connectivity index (χ4n) is 3.95. The van der Waals surface area contributed by atoms with Crippen molar-refractivity contribution in [3.63, 3.8) is 0 Å². The summed E-state index contributed by atoms with van der Waals surface area (Å²) in [5.74, 6) is 0.255. The van der Waals surface area contributed by atoms with Crippen LogP contribution in [0.1, 0.15) is 35.9 Å². The van der Waals surface area contributed by atoms with Gasteiger partial charge in [-0.2, -0.15) is 0 Å². The van der Waals surface area contributed by atoms with Gasteiger partial charge >= 0.3 is 0 Å². The van der Waals surface area contributed by atoms with E-state index in [2.05, 4.69) is 29.5 Å². The number of nitro groups is 1. The molecule has 5 aromatic rings. The van der Waals surface area contributed by atoms with Gasteiger partial charge in [-0.05, 0) is 72.2 Å². The Morgan fingerprint density at radius 1 is 1.05 bits per heavy atom. The van der Waals surface area contributed by atoms with E-state index < -0.39 is 10.8 Å². The van der Waals surface area contributed by atoms with Crippen molar-refractivity contribution >= 4 is 57.3 Å². The first kappa shape index (κ1) is 26.1. The lowest BCUT2D eigenvalue weighted by Crippen LogP contribution is -2.34. The Morgan fingerprint density at radius 3 is 2.62 bits per heavy atom. The van der Waals surface area contributed by atoms with E-state index in [0.29, 0.717) is 33.7 Å². The summed E-state index contributed by atoms with van der Waals surface area (Å²) in [6, 6.07) is 20.1. The number of carbonyl (C=O) groups is 1. The number of rotatable bonds is 6. The number of halogens is 1. The zero-order valence-corrected chi connectivity index (χ0v) is 22.3. The Kier molecular flexibility index (Phi) is 7.14. The van der Waals surface area contributed by atoms with E-state index in [0.717, 1.165) is 11.1 Å². The molecule has 11 heteroatoms. The Hall–Kier alpha value is -4.54. The maximum Gasteiger partial charge on any atom is 0.293 e. The minimum absolute atomic E-state index is 0.0261. The van der Waals surface area contributed by atoms with E-state index in [-0.39, 0.29) is 27.9 Å². The number of amides is 1. The summed E-state index contributed by atoms with van der Waals surface area (Å²) in [6.07, 6.45) is 0. The highest BCUT2D eigenvalue weighted by atomic mass is 35.5. The third kappa shape index (κ3) is 5.52. The second-order valence-electron chi connectivity index (χ2n) is 8.94. The zero-order valence-electron chi connectivity index (χ0n) is 20.7. The SMILES string of the molecule is CC(C)c1ccc2oc(-c3ccc(Cl)c(NC(=S)NC(=O)c4ccc(-c5ccccc5[N+](=O)[O-])o4)c3)nc2c1. The topological polar surface area (TPSA) is 123 Å². The number of benzene rings is 3. The molecule has 0 fully saturated rings. The number of hydrogen-bond donors (Lipinski definition) is 2. The van der Waals surface area contributed by atoms with Gasteiger partial charge in [-0.15, -0.1) is 0 Å². The third-order valence-electron chi connectivity index (χ3n) is 5.96. The first-order valence-electron chi connectivity index (χ1n) is 11.9. The quantitative estimate of drug-likeness (QED) is 0.124. The molecule has 196 valence electrons. The fraction of sp³-hybridized carbons (Fsp3) is 0.107. The van der Waals surface area contributed by atoms with E-state index in [1.54, 1.807) is 36.4 Å². The number of oxazole rings is 1. The molecule has 1 amide bonds. The normalized spacial score (nSPS) is 11.1. The lowest BCUT2D eigenvalue weighted by molar-refractivity contribution is -0.384. The molecular weight excluding hydrogens is 540 g/mol. The molecule has 0 aliphatic rings. The van der Waals surface area contributed by atoms with Crippen LogP contribution in [-0.4, -0.2) is 20.9 Å². The predicted octanol–water partition coefficient (Wildman–Crippen LogP) is 7.57. The summed E-state index contributed by atoms with van der Waals surface area (Å²) in [7, 11) is 0. The van der Waals surface area contributed by atoms with Gasteiger partial charge in [0.05, 0.1) is 21.2 Å². The highest BCUT2D eigenvalue weighted by Crippen LogP contribution is 2.32. The number of nitro benzene ring substituents is 1. The standard InChI is InChI=1S/C28H21ClN4O5S/c1-15(2)16-8-10-24-21(13-16)30-27(38-24)17-7-9-19(29)20(14-17)31-28(39)32-26(34)25-12-11-23(37-25)18-5-3-4-6-22(18)33(35)36/h3-15H,1-2H3,(H2,31,32,34,39). The van der Waals surface area contributed by atoms with Crippen molar-refractivity contribution in [1.29, 1.82) is 0 Å². The first-order valence-corrected chi connectivity index (χ1v) is 12.6. The fourth-order valence-corrected chi connectivity index (χ4v) is 4.31. The Morgan fingerprint density at radius 2 is 1.85 bits per heavy atom. The molecule has 0 unspecified atom stereocenters. The molecule has 2 heterocycles. The second-order valence-corrected chi connectivity index (χ2v) is 9.76. The second kappa shape index (κ2) is 10.7. The number of furan rings is 1. The molecule has 2 N–H and O–H groups in total. The van der Waals surface area contributed by atoms with E-state index >= 15 is 0 Å². The van der Waals surface area contributed by atoms with E-state index in [4.69, 9.17) is 32.7 Å². The molecule has 0 spiro atoms. The van der Waals surface area contributed by atoms with Gasteiger partial charge in [-0.1, -0.05) is 43.6 Å². The average molecular weight is 561 g/mol. The third-order valence-corrected chi connectivity index (χ3v) is 6.50. The summed E-state index contributed by atoms with van der Waals surface area (Å²) in [4.78, 5) is 28.1. The first-order chi connectivity index (χ1) is 18.7. The maximum absolute atomic E-state index is 12.7. The molecule has 0 aliphatic carbocycles. The summed E-state index contributed by atoms with van der Waals surface area (Å²) < 4.78 is 11.5. The van der Waals surface area contributed by atoms with E-state index in [9.17, 15) is 14.9 Å². The Balaban J connectivity index is 1.31. The van der Waals surface area contributed by atoms with Crippen molar-refractivity contribution in [3.05, 3.63) is 99.3 Å². The van der Waals surface area contributed by atoms with Crippen molar-refractivity contribution < 1.29 is 18.6 Å². The molecule has 9 nitrogen and oxygen atoms in total. The van der Waals surface area contributed by atoms with Gasteiger partial charge in [-0.25, -0.2) is 4.98 Å². The van der Waals surface area contributed by atoms with Crippen LogP contribution >= 0.6 is 23.8 Å².